The smallest absolute Gasteiger partial charge is 0.295 e. The fourth-order valence-electron chi connectivity index (χ4n) is 4.71. The van der Waals surface area contributed by atoms with Crippen molar-refractivity contribution in [3.05, 3.63) is 99.5 Å². The second kappa shape index (κ2) is 10.3. The average Bonchev–Trinajstić information content (AvgIpc) is 2.91. The van der Waals surface area contributed by atoms with Crippen molar-refractivity contribution in [3.8, 4) is 0 Å². The maximum absolute atomic E-state index is 13.7. The zero-order chi connectivity index (χ0) is 25.1. The van der Waals surface area contributed by atoms with Gasteiger partial charge < -0.3 is 10.2 Å². The zero-order valence-electron chi connectivity index (χ0n) is 20.8. The molecule has 2 aromatic carbocycles. The summed E-state index contributed by atoms with van der Waals surface area (Å²) in [6.07, 6.45) is 3.31. The van der Waals surface area contributed by atoms with E-state index >= 15 is 0 Å². The van der Waals surface area contributed by atoms with Crippen molar-refractivity contribution >= 4 is 22.9 Å². The molecule has 2 aromatic heterocycles. The Hall–Kier alpha value is -4.00. The van der Waals surface area contributed by atoms with Gasteiger partial charge in [0.25, 0.3) is 5.56 Å². The van der Waals surface area contributed by atoms with Gasteiger partial charge in [-0.3, -0.25) is 14.2 Å². The first-order chi connectivity index (χ1) is 17.5. The molecule has 5 rings (SSSR count). The molecule has 1 N–H and O–H groups in total. The third-order valence-corrected chi connectivity index (χ3v) is 6.82. The van der Waals surface area contributed by atoms with E-state index in [2.05, 4.69) is 10.3 Å². The van der Waals surface area contributed by atoms with Gasteiger partial charge in [-0.2, -0.15) is 0 Å². The molecule has 1 atom stereocenters. The molecule has 1 fully saturated rings. The third-order valence-electron chi connectivity index (χ3n) is 6.82. The molecule has 0 saturated carbocycles. The number of piperidine rings is 1. The quantitative estimate of drug-likeness (QED) is 0.451. The first kappa shape index (κ1) is 23.7. The highest BCUT2D eigenvalue weighted by atomic mass is 16.2. The number of aryl methyl sites for hydroxylation is 2. The standard InChI is InChI=1S/C29H31N5O2/c1-20-7-11-22(12-8-20)17-31-28(35)24-5-4-16-33(19-24)27-29(36)34(18-23-13-9-21(2)10-14-23)26-25(32-27)6-3-15-30-26/h3,6-15,24H,4-5,16-19H2,1-2H3,(H,31,35). The van der Waals surface area contributed by atoms with E-state index in [-0.39, 0.29) is 17.4 Å². The SMILES string of the molecule is Cc1ccc(CNC(=O)C2CCCN(c3nc4cccnc4n(Cc4ccc(C)cc4)c3=O)C2)cc1. The Kier molecular flexibility index (Phi) is 6.80. The monoisotopic (exact) mass is 481 g/mol. The van der Waals surface area contributed by atoms with Crippen LogP contribution in [0.25, 0.3) is 11.2 Å². The first-order valence-corrected chi connectivity index (χ1v) is 12.5. The van der Waals surface area contributed by atoms with E-state index in [0.717, 1.165) is 24.0 Å². The molecule has 1 aliphatic rings. The molecule has 1 amide bonds. The molecule has 1 unspecified atom stereocenters. The summed E-state index contributed by atoms with van der Waals surface area (Å²) >= 11 is 0. The lowest BCUT2D eigenvalue weighted by Gasteiger charge is -2.32. The van der Waals surface area contributed by atoms with Crippen molar-refractivity contribution in [2.75, 3.05) is 18.0 Å². The van der Waals surface area contributed by atoms with Gasteiger partial charge in [-0.15, -0.1) is 0 Å². The summed E-state index contributed by atoms with van der Waals surface area (Å²) < 4.78 is 1.70. The van der Waals surface area contributed by atoms with Crippen LogP contribution in [0.2, 0.25) is 0 Å². The van der Waals surface area contributed by atoms with Crippen LogP contribution >= 0.6 is 0 Å². The summed E-state index contributed by atoms with van der Waals surface area (Å²) in [4.78, 5) is 37.8. The van der Waals surface area contributed by atoms with Gasteiger partial charge in [0.15, 0.2) is 11.5 Å². The summed E-state index contributed by atoms with van der Waals surface area (Å²) in [7, 11) is 0. The minimum atomic E-state index is -0.194. The topological polar surface area (TPSA) is 80.1 Å². The summed E-state index contributed by atoms with van der Waals surface area (Å²) in [5, 5.41) is 3.07. The summed E-state index contributed by atoms with van der Waals surface area (Å²) in [5.41, 5.74) is 5.52. The van der Waals surface area contributed by atoms with Crippen LogP contribution < -0.4 is 15.8 Å². The average molecular weight is 482 g/mol. The van der Waals surface area contributed by atoms with Crippen molar-refractivity contribution in [1.29, 1.82) is 0 Å². The van der Waals surface area contributed by atoms with Crippen molar-refractivity contribution in [3.63, 3.8) is 0 Å². The van der Waals surface area contributed by atoms with E-state index in [0.29, 0.717) is 43.2 Å². The Bertz CT molecular complexity index is 1430. The Labute approximate surface area is 210 Å². The van der Waals surface area contributed by atoms with Gasteiger partial charge in [0.05, 0.1) is 12.5 Å². The number of aromatic nitrogens is 3. The Morgan fingerprint density at radius 1 is 1.00 bits per heavy atom. The molecule has 7 nitrogen and oxygen atoms in total. The largest absolute Gasteiger partial charge is 0.352 e. The number of benzene rings is 2. The van der Waals surface area contributed by atoms with Gasteiger partial charge >= 0.3 is 0 Å². The second-order valence-electron chi connectivity index (χ2n) is 9.65. The van der Waals surface area contributed by atoms with Crippen LogP contribution in [-0.2, 0) is 17.9 Å². The lowest BCUT2D eigenvalue weighted by Crippen LogP contribution is -2.45. The normalized spacial score (nSPS) is 15.7. The predicted molar refractivity (Wildman–Crippen MR) is 142 cm³/mol. The van der Waals surface area contributed by atoms with Gasteiger partial charge in [0.1, 0.15) is 5.52 Å². The fourth-order valence-corrected chi connectivity index (χ4v) is 4.71. The summed E-state index contributed by atoms with van der Waals surface area (Å²) in [5.74, 6) is 0.210. The molecule has 0 bridgehead atoms. The van der Waals surface area contributed by atoms with Crippen molar-refractivity contribution in [2.24, 2.45) is 5.92 Å². The molecule has 1 aliphatic heterocycles. The Balaban J connectivity index is 1.38. The van der Waals surface area contributed by atoms with E-state index in [1.165, 1.54) is 11.1 Å². The van der Waals surface area contributed by atoms with Gasteiger partial charge in [0.2, 0.25) is 5.91 Å². The van der Waals surface area contributed by atoms with Crippen LogP contribution in [0.4, 0.5) is 5.82 Å². The Morgan fingerprint density at radius 3 is 2.42 bits per heavy atom. The second-order valence-corrected chi connectivity index (χ2v) is 9.65. The molecule has 36 heavy (non-hydrogen) atoms. The number of hydrogen-bond donors (Lipinski definition) is 1. The minimum absolute atomic E-state index is 0.0164. The lowest BCUT2D eigenvalue weighted by atomic mass is 9.97. The molecular formula is C29H31N5O2. The maximum atomic E-state index is 13.7. The number of amides is 1. The van der Waals surface area contributed by atoms with Crippen molar-refractivity contribution < 1.29 is 4.79 Å². The highest BCUT2D eigenvalue weighted by Gasteiger charge is 2.28. The summed E-state index contributed by atoms with van der Waals surface area (Å²) in [6.45, 7) is 6.17. The molecule has 0 aliphatic carbocycles. The molecule has 7 heteroatoms. The number of nitrogens with zero attached hydrogens (tertiary/aromatic N) is 4. The van der Waals surface area contributed by atoms with Crippen molar-refractivity contribution in [1.82, 2.24) is 19.9 Å². The van der Waals surface area contributed by atoms with Crippen LogP contribution in [0.15, 0.2) is 71.7 Å². The minimum Gasteiger partial charge on any atom is -0.352 e. The molecule has 0 radical (unpaired) electrons. The molecule has 1 saturated heterocycles. The first-order valence-electron chi connectivity index (χ1n) is 12.5. The van der Waals surface area contributed by atoms with Crippen LogP contribution in [0.5, 0.6) is 0 Å². The predicted octanol–water partition coefficient (Wildman–Crippen LogP) is 3.99. The van der Waals surface area contributed by atoms with E-state index in [9.17, 15) is 9.59 Å². The number of anilines is 1. The van der Waals surface area contributed by atoms with Gasteiger partial charge in [-0.05, 0) is 49.9 Å². The number of rotatable bonds is 6. The van der Waals surface area contributed by atoms with Gasteiger partial charge in [0, 0.05) is 25.8 Å². The number of pyridine rings is 1. The number of nitrogens with one attached hydrogen (secondary N) is 1. The summed E-state index contributed by atoms with van der Waals surface area (Å²) in [6, 6.07) is 20.0. The molecule has 184 valence electrons. The van der Waals surface area contributed by atoms with E-state index in [4.69, 9.17) is 4.98 Å². The van der Waals surface area contributed by atoms with Gasteiger partial charge in [-0.1, -0.05) is 59.7 Å². The van der Waals surface area contributed by atoms with E-state index < -0.39 is 0 Å². The maximum Gasteiger partial charge on any atom is 0.295 e. The third kappa shape index (κ3) is 5.15. The number of carbonyl (C=O) groups is 1. The molecule has 0 spiro atoms. The lowest BCUT2D eigenvalue weighted by molar-refractivity contribution is -0.125. The van der Waals surface area contributed by atoms with Crippen LogP contribution in [-0.4, -0.2) is 33.5 Å². The fraction of sp³-hybridized carbons (Fsp3) is 0.310. The molecular weight excluding hydrogens is 450 g/mol. The van der Waals surface area contributed by atoms with E-state index in [1.807, 2.05) is 79.4 Å². The number of carbonyl (C=O) groups excluding carboxylic acids is 1. The van der Waals surface area contributed by atoms with Gasteiger partial charge in [-0.25, -0.2) is 9.97 Å². The Morgan fingerprint density at radius 2 is 1.69 bits per heavy atom. The molecule has 4 aromatic rings. The molecule has 3 heterocycles. The van der Waals surface area contributed by atoms with E-state index in [1.54, 1.807) is 10.8 Å². The van der Waals surface area contributed by atoms with Crippen LogP contribution in [0.3, 0.4) is 0 Å². The zero-order valence-corrected chi connectivity index (χ0v) is 20.8. The highest BCUT2D eigenvalue weighted by molar-refractivity contribution is 5.79. The highest BCUT2D eigenvalue weighted by Crippen LogP contribution is 2.22. The number of hydrogen-bond acceptors (Lipinski definition) is 5. The van der Waals surface area contributed by atoms with Crippen molar-refractivity contribution in [2.45, 2.75) is 39.8 Å². The number of fused-ring (bicyclic) bond motifs is 1. The van der Waals surface area contributed by atoms with Crippen LogP contribution in [0, 0.1) is 19.8 Å². The van der Waals surface area contributed by atoms with Crippen LogP contribution in [0.1, 0.15) is 35.1 Å².